The summed E-state index contributed by atoms with van der Waals surface area (Å²) in [6.45, 7) is 5.67. The molecule has 0 aliphatic carbocycles. The molecule has 5 heteroatoms. The van der Waals surface area contributed by atoms with Gasteiger partial charge in [-0.2, -0.15) is 0 Å². The fourth-order valence-corrected chi connectivity index (χ4v) is 6.83. The van der Waals surface area contributed by atoms with E-state index in [1.54, 1.807) is 0 Å². The minimum absolute atomic E-state index is 0.00514. The molecule has 0 spiro atoms. The van der Waals surface area contributed by atoms with Crippen molar-refractivity contribution < 1.29 is 14.2 Å². The first-order valence-electron chi connectivity index (χ1n) is 16.7. The smallest absolute Gasteiger partial charge is 0.158 e. The van der Waals surface area contributed by atoms with E-state index in [0.29, 0.717) is 13.2 Å². The molecule has 224 valence electrons. The molecule has 2 unspecified atom stereocenters. The summed E-state index contributed by atoms with van der Waals surface area (Å²) in [4.78, 5) is 3.95. The summed E-state index contributed by atoms with van der Waals surface area (Å²) >= 11 is 1.96. The molecule has 2 atom stereocenters. The van der Waals surface area contributed by atoms with E-state index in [1.165, 1.54) is 133 Å². The molecule has 1 fully saturated rings. The molecule has 2 aliphatic rings. The van der Waals surface area contributed by atoms with Crippen molar-refractivity contribution in [3.8, 4) is 0 Å². The first-order valence-corrected chi connectivity index (χ1v) is 17.7. The van der Waals surface area contributed by atoms with Gasteiger partial charge < -0.3 is 19.1 Å². The Labute approximate surface area is 245 Å². The van der Waals surface area contributed by atoms with Gasteiger partial charge in [-0.05, 0) is 37.8 Å². The number of benzene rings is 1. The Hall–Kier alpha value is -0.750. The van der Waals surface area contributed by atoms with E-state index in [4.69, 9.17) is 14.2 Å². The number of ether oxygens (including phenoxy) is 3. The highest BCUT2D eigenvalue weighted by molar-refractivity contribution is 7.99. The number of hydrogen-bond donors (Lipinski definition) is 0. The van der Waals surface area contributed by atoms with Crippen LogP contribution in [0.4, 0.5) is 5.69 Å². The molecule has 3 rings (SSSR count). The van der Waals surface area contributed by atoms with Gasteiger partial charge in [0.15, 0.2) is 6.29 Å². The van der Waals surface area contributed by atoms with Gasteiger partial charge >= 0.3 is 0 Å². The van der Waals surface area contributed by atoms with E-state index in [1.807, 2.05) is 11.8 Å². The highest BCUT2D eigenvalue weighted by atomic mass is 32.2. The van der Waals surface area contributed by atoms with Gasteiger partial charge in [-0.25, -0.2) is 0 Å². The molecule has 1 aromatic carbocycles. The van der Waals surface area contributed by atoms with Gasteiger partial charge in [-0.1, -0.05) is 122 Å². The van der Waals surface area contributed by atoms with Crippen LogP contribution in [-0.2, 0) is 14.2 Å². The van der Waals surface area contributed by atoms with Crippen LogP contribution in [0, 0.1) is 0 Å². The van der Waals surface area contributed by atoms with Crippen molar-refractivity contribution in [2.45, 2.75) is 153 Å². The molecule has 2 aliphatic heterocycles. The summed E-state index contributed by atoms with van der Waals surface area (Å²) in [5.74, 6) is 1.10. The topological polar surface area (TPSA) is 30.9 Å². The highest BCUT2D eigenvalue weighted by Gasteiger charge is 2.25. The van der Waals surface area contributed by atoms with Crippen molar-refractivity contribution in [1.29, 1.82) is 0 Å². The van der Waals surface area contributed by atoms with Crippen molar-refractivity contribution in [1.82, 2.24) is 0 Å². The standard InChI is InChI=1S/C34H59NO3S/c1-2-3-4-5-6-7-8-9-10-11-12-13-14-15-18-25-34-37-29-31(38-34)28-36-27-22-17-16-21-26-35-30-39-33-24-20-19-23-32(33)35/h19-20,23-24,31,34H,2-18,21-22,25-30H2,1H3. The van der Waals surface area contributed by atoms with E-state index < -0.39 is 0 Å². The maximum Gasteiger partial charge on any atom is 0.158 e. The van der Waals surface area contributed by atoms with Crippen molar-refractivity contribution in [3.63, 3.8) is 0 Å². The highest BCUT2D eigenvalue weighted by Crippen LogP contribution is 2.38. The second-order valence-electron chi connectivity index (χ2n) is 11.8. The summed E-state index contributed by atoms with van der Waals surface area (Å²) in [5, 5.41) is 0. The molecule has 2 heterocycles. The Kier molecular flexibility index (Phi) is 18.4. The Balaban J connectivity index is 1.02. The van der Waals surface area contributed by atoms with Gasteiger partial charge in [0.1, 0.15) is 6.10 Å². The second kappa shape index (κ2) is 21.9. The number of nitrogens with zero attached hydrogens (tertiary/aromatic N) is 1. The van der Waals surface area contributed by atoms with Gasteiger partial charge in [0.2, 0.25) is 0 Å². The molecule has 0 radical (unpaired) electrons. The predicted octanol–water partition coefficient (Wildman–Crippen LogP) is 10.1. The molecule has 0 amide bonds. The van der Waals surface area contributed by atoms with E-state index in [0.717, 1.165) is 25.3 Å². The van der Waals surface area contributed by atoms with Crippen molar-refractivity contribution in [2.75, 3.05) is 37.1 Å². The van der Waals surface area contributed by atoms with Crippen molar-refractivity contribution >= 4 is 17.4 Å². The normalized spacial score (nSPS) is 18.7. The summed E-state index contributed by atoms with van der Waals surface area (Å²) in [6, 6.07) is 8.78. The van der Waals surface area contributed by atoms with Crippen LogP contribution in [0.1, 0.15) is 135 Å². The van der Waals surface area contributed by atoms with Gasteiger partial charge in [0.05, 0.1) is 24.8 Å². The Morgan fingerprint density at radius 3 is 2.10 bits per heavy atom. The zero-order valence-corrected chi connectivity index (χ0v) is 26.0. The lowest BCUT2D eigenvalue weighted by Gasteiger charge is -2.18. The number of fused-ring (bicyclic) bond motifs is 1. The molecule has 0 N–H and O–H groups in total. The van der Waals surface area contributed by atoms with Crippen molar-refractivity contribution in [3.05, 3.63) is 24.3 Å². The zero-order chi connectivity index (χ0) is 27.2. The summed E-state index contributed by atoms with van der Waals surface area (Å²) < 4.78 is 17.8. The van der Waals surface area contributed by atoms with Crippen LogP contribution in [0.2, 0.25) is 0 Å². The van der Waals surface area contributed by atoms with E-state index in [2.05, 4.69) is 36.1 Å². The molecule has 0 aromatic heterocycles. The van der Waals surface area contributed by atoms with Crippen LogP contribution in [0.25, 0.3) is 0 Å². The first-order chi connectivity index (χ1) is 19.4. The van der Waals surface area contributed by atoms with E-state index in [9.17, 15) is 0 Å². The lowest BCUT2D eigenvalue weighted by molar-refractivity contribution is -0.0761. The van der Waals surface area contributed by atoms with Crippen molar-refractivity contribution in [2.24, 2.45) is 0 Å². The lowest BCUT2D eigenvalue weighted by atomic mass is 10.0. The number of para-hydroxylation sites is 1. The summed E-state index contributed by atoms with van der Waals surface area (Å²) in [7, 11) is 0. The van der Waals surface area contributed by atoms with Gasteiger partial charge in [0, 0.05) is 18.0 Å². The quantitative estimate of drug-likeness (QED) is 0.111. The molecular weight excluding hydrogens is 502 g/mol. The second-order valence-corrected chi connectivity index (χ2v) is 12.7. The van der Waals surface area contributed by atoms with Crippen LogP contribution in [-0.4, -0.2) is 44.6 Å². The van der Waals surface area contributed by atoms with Crippen LogP contribution in [0.15, 0.2) is 29.2 Å². The van der Waals surface area contributed by atoms with Gasteiger partial charge in [-0.3, -0.25) is 0 Å². The molecule has 1 aromatic rings. The van der Waals surface area contributed by atoms with Crippen LogP contribution < -0.4 is 4.90 Å². The van der Waals surface area contributed by atoms with Crippen LogP contribution >= 0.6 is 11.8 Å². The maximum absolute atomic E-state index is 6.06. The largest absolute Gasteiger partial charge is 0.379 e. The molecule has 4 nitrogen and oxygen atoms in total. The average molecular weight is 562 g/mol. The number of rotatable bonds is 25. The van der Waals surface area contributed by atoms with Crippen LogP contribution in [0.3, 0.4) is 0 Å². The number of anilines is 1. The Bertz CT molecular complexity index is 717. The fraction of sp³-hybridized carbons (Fsp3) is 0.824. The van der Waals surface area contributed by atoms with E-state index >= 15 is 0 Å². The monoisotopic (exact) mass is 561 g/mol. The molecule has 0 bridgehead atoms. The summed E-state index contributed by atoms with van der Waals surface area (Å²) in [5.41, 5.74) is 1.42. The SMILES string of the molecule is CCCCCCCCCCCCCCCCCC1OCC(COCCCCCCN2CSc3ccccc32)O1. The molecule has 39 heavy (non-hydrogen) atoms. The first kappa shape index (κ1) is 32.8. The third-order valence-electron chi connectivity index (χ3n) is 8.21. The Morgan fingerprint density at radius 2 is 1.38 bits per heavy atom. The minimum atomic E-state index is -0.00514. The predicted molar refractivity (Wildman–Crippen MR) is 168 cm³/mol. The molecular formula is C34H59NO3S. The third kappa shape index (κ3) is 14.6. The van der Waals surface area contributed by atoms with E-state index in [-0.39, 0.29) is 12.4 Å². The van der Waals surface area contributed by atoms with Gasteiger partial charge in [0.25, 0.3) is 0 Å². The minimum Gasteiger partial charge on any atom is -0.379 e. The maximum atomic E-state index is 6.06. The van der Waals surface area contributed by atoms with Crippen LogP contribution in [0.5, 0.6) is 0 Å². The zero-order valence-electron chi connectivity index (χ0n) is 25.2. The Morgan fingerprint density at radius 1 is 0.769 bits per heavy atom. The lowest BCUT2D eigenvalue weighted by Crippen LogP contribution is -2.20. The summed E-state index contributed by atoms with van der Waals surface area (Å²) in [6.07, 6.45) is 27.1. The number of thioether (sulfide) groups is 1. The third-order valence-corrected chi connectivity index (χ3v) is 9.30. The molecule has 1 saturated heterocycles. The number of unbranched alkanes of at least 4 members (excludes halogenated alkanes) is 17. The van der Waals surface area contributed by atoms with Gasteiger partial charge in [-0.15, -0.1) is 11.8 Å². The average Bonchev–Trinajstić information content (AvgIpc) is 3.59. The number of hydrogen-bond acceptors (Lipinski definition) is 5. The molecule has 0 saturated carbocycles. The fourth-order valence-electron chi connectivity index (χ4n) is 5.75.